The van der Waals surface area contributed by atoms with Gasteiger partial charge in [0, 0.05) is 23.6 Å². The molecule has 0 unspecified atom stereocenters. The number of nitrogens with zero attached hydrogens (tertiary/aromatic N) is 3. The third-order valence-electron chi connectivity index (χ3n) is 6.01. The van der Waals surface area contributed by atoms with Gasteiger partial charge in [0.25, 0.3) is 5.91 Å². The van der Waals surface area contributed by atoms with Gasteiger partial charge in [-0.3, -0.25) is 9.59 Å². The molecule has 0 radical (unpaired) electrons. The van der Waals surface area contributed by atoms with Crippen LogP contribution in [0.3, 0.4) is 0 Å². The first-order valence-electron chi connectivity index (χ1n) is 11.5. The number of halogens is 2. The number of hydrazone groups is 1. The number of amides is 2. The van der Waals surface area contributed by atoms with Crippen molar-refractivity contribution in [1.29, 1.82) is 0 Å². The second-order valence-electron chi connectivity index (χ2n) is 8.49. The molecule has 0 fully saturated rings. The number of carbonyl (C=O) groups excluding carboxylic acids is 2. The van der Waals surface area contributed by atoms with E-state index in [0.29, 0.717) is 28.0 Å². The third-order valence-corrected chi connectivity index (χ3v) is 7.41. The molecule has 1 N–H and O–H groups in total. The number of aliphatic imine (C=N–C) groups is 1. The Morgan fingerprint density at radius 3 is 2.49 bits per heavy atom. The van der Waals surface area contributed by atoms with Crippen LogP contribution in [0.25, 0.3) is 0 Å². The van der Waals surface area contributed by atoms with E-state index in [9.17, 15) is 14.0 Å². The van der Waals surface area contributed by atoms with Crippen molar-refractivity contribution < 1.29 is 18.7 Å². The van der Waals surface area contributed by atoms with E-state index in [1.807, 2.05) is 12.1 Å². The Bertz CT molecular complexity index is 1380. The van der Waals surface area contributed by atoms with Gasteiger partial charge in [-0.15, -0.1) is 0 Å². The van der Waals surface area contributed by atoms with Crippen LogP contribution in [0.5, 0.6) is 5.75 Å². The number of amidine groups is 1. The predicted molar refractivity (Wildman–Crippen MR) is 144 cm³/mol. The summed E-state index contributed by atoms with van der Waals surface area (Å²) in [5.74, 6) is -0.345. The normalized spacial score (nSPS) is 19.0. The summed E-state index contributed by atoms with van der Waals surface area (Å²) in [5, 5.41) is 9.63. The minimum atomic E-state index is -0.670. The number of benzene rings is 3. The summed E-state index contributed by atoms with van der Waals surface area (Å²) in [5.41, 5.74) is 3.13. The molecule has 37 heavy (non-hydrogen) atoms. The molecular weight excluding hydrogens is 515 g/mol. The minimum absolute atomic E-state index is 0.0364. The second kappa shape index (κ2) is 10.7. The summed E-state index contributed by atoms with van der Waals surface area (Å²) in [6.45, 7) is 0. The molecule has 3 aromatic rings. The van der Waals surface area contributed by atoms with E-state index in [1.165, 1.54) is 23.9 Å². The van der Waals surface area contributed by atoms with Gasteiger partial charge in [-0.25, -0.2) is 9.40 Å². The van der Waals surface area contributed by atoms with Gasteiger partial charge in [-0.05, 0) is 59.7 Å². The van der Waals surface area contributed by atoms with Crippen LogP contribution in [0.1, 0.15) is 30.0 Å². The first-order chi connectivity index (χ1) is 17.9. The average Bonchev–Trinajstić information content (AvgIpc) is 3.49. The maximum absolute atomic E-state index is 13.6. The number of hydrogen-bond donors (Lipinski definition) is 1. The number of hydrogen-bond acceptors (Lipinski definition) is 6. The zero-order valence-corrected chi connectivity index (χ0v) is 21.3. The van der Waals surface area contributed by atoms with Crippen molar-refractivity contribution in [3.63, 3.8) is 0 Å². The molecule has 3 aromatic carbocycles. The summed E-state index contributed by atoms with van der Waals surface area (Å²) in [6, 6.07) is 20.2. The van der Waals surface area contributed by atoms with Crippen LogP contribution in [0.15, 0.2) is 82.9 Å². The second-order valence-corrected chi connectivity index (χ2v) is 10.1. The van der Waals surface area contributed by atoms with Crippen LogP contribution in [0, 0.1) is 5.82 Å². The van der Waals surface area contributed by atoms with Crippen LogP contribution in [-0.2, 0) is 9.59 Å². The molecule has 0 bridgehead atoms. The van der Waals surface area contributed by atoms with Crippen molar-refractivity contribution >= 4 is 51.7 Å². The average molecular weight is 537 g/mol. The Labute approximate surface area is 222 Å². The lowest BCUT2D eigenvalue weighted by atomic mass is 9.98. The molecule has 5 rings (SSSR count). The summed E-state index contributed by atoms with van der Waals surface area (Å²) in [7, 11) is 1.57. The van der Waals surface area contributed by atoms with Crippen molar-refractivity contribution in [1.82, 2.24) is 5.01 Å². The summed E-state index contributed by atoms with van der Waals surface area (Å²) in [4.78, 5) is 29.6. The number of methoxy groups -OCH3 is 1. The highest BCUT2D eigenvalue weighted by Gasteiger charge is 2.39. The van der Waals surface area contributed by atoms with E-state index in [0.717, 1.165) is 16.8 Å². The molecule has 2 heterocycles. The van der Waals surface area contributed by atoms with Crippen LogP contribution < -0.4 is 10.1 Å². The lowest BCUT2D eigenvalue weighted by molar-refractivity contribution is -0.121. The van der Waals surface area contributed by atoms with Crippen LogP contribution in [-0.4, -0.2) is 40.1 Å². The van der Waals surface area contributed by atoms with E-state index in [-0.39, 0.29) is 24.2 Å². The minimum Gasteiger partial charge on any atom is -0.497 e. The number of nitrogens with one attached hydrogen (secondary N) is 1. The molecule has 188 valence electrons. The van der Waals surface area contributed by atoms with Crippen LogP contribution in [0.2, 0.25) is 5.02 Å². The van der Waals surface area contributed by atoms with E-state index in [4.69, 9.17) is 21.4 Å². The fraction of sp³-hybridized carbons (Fsp3) is 0.185. The van der Waals surface area contributed by atoms with Gasteiger partial charge in [0.1, 0.15) is 16.8 Å². The molecule has 0 saturated heterocycles. The van der Waals surface area contributed by atoms with Gasteiger partial charge in [-0.2, -0.15) is 10.1 Å². The van der Waals surface area contributed by atoms with Crippen molar-refractivity contribution in [2.75, 3.05) is 12.4 Å². The SMILES string of the molecule is COc1ccc(NC(=O)C[C@H]2SC(N3N=C(c4ccc(Cl)cc4)C[C@@H]3c3ccc(F)cc3)=NC2=O)cc1. The molecule has 2 amide bonds. The molecule has 0 aromatic heterocycles. The largest absolute Gasteiger partial charge is 0.497 e. The van der Waals surface area contributed by atoms with Crippen molar-refractivity contribution in [2.45, 2.75) is 24.1 Å². The van der Waals surface area contributed by atoms with Crippen LogP contribution >= 0.6 is 23.4 Å². The number of anilines is 1. The molecule has 2 aliphatic rings. The lowest BCUT2D eigenvalue weighted by Crippen LogP contribution is -2.25. The van der Waals surface area contributed by atoms with Crippen molar-refractivity contribution in [3.05, 3.63) is 94.8 Å². The number of thioether (sulfide) groups is 1. The Balaban J connectivity index is 1.33. The molecule has 0 aliphatic carbocycles. The standard InChI is InChI=1S/C27H22ClFN4O3S/c1-36-21-12-10-20(11-13-21)30-25(34)15-24-26(35)31-27(37-24)33-23(17-4-8-19(29)9-5-17)14-22(32-33)16-2-6-18(28)7-3-16/h2-13,23-24H,14-15H2,1H3,(H,30,34)/t23-,24-/m1/s1. The Morgan fingerprint density at radius 1 is 1.11 bits per heavy atom. The molecule has 10 heteroatoms. The molecular formula is C27H22ClFN4O3S. The molecule has 0 spiro atoms. The Kier molecular flexibility index (Phi) is 7.25. The maximum atomic E-state index is 13.6. The highest BCUT2D eigenvalue weighted by molar-refractivity contribution is 8.15. The third kappa shape index (κ3) is 5.68. The van der Waals surface area contributed by atoms with Gasteiger partial charge in [0.05, 0.1) is 18.9 Å². The number of ether oxygens (including phenoxy) is 1. The molecule has 7 nitrogen and oxygen atoms in total. The highest BCUT2D eigenvalue weighted by atomic mass is 35.5. The summed E-state index contributed by atoms with van der Waals surface area (Å²) >= 11 is 7.25. The van der Waals surface area contributed by atoms with Crippen molar-refractivity contribution in [3.8, 4) is 5.75 Å². The Hall–Kier alpha value is -3.69. The van der Waals surface area contributed by atoms with E-state index < -0.39 is 11.2 Å². The fourth-order valence-corrected chi connectivity index (χ4v) is 5.29. The first kappa shape index (κ1) is 25.0. The zero-order valence-electron chi connectivity index (χ0n) is 19.7. The van der Waals surface area contributed by atoms with Gasteiger partial charge in [0.2, 0.25) is 5.91 Å². The van der Waals surface area contributed by atoms with E-state index in [1.54, 1.807) is 60.6 Å². The van der Waals surface area contributed by atoms with E-state index >= 15 is 0 Å². The summed E-state index contributed by atoms with van der Waals surface area (Å²) < 4.78 is 18.7. The topological polar surface area (TPSA) is 83.4 Å². The molecule has 2 aliphatic heterocycles. The molecule has 2 atom stereocenters. The van der Waals surface area contributed by atoms with Gasteiger partial charge >= 0.3 is 0 Å². The zero-order chi connectivity index (χ0) is 25.9. The Morgan fingerprint density at radius 2 is 1.81 bits per heavy atom. The quantitative estimate of drug-likeness (QED) is 0.439. The highest BCUT2D eigenvalue weighted by Crippen LogP contribution is 2.38. The lowest BCUT2D eigenvalue weighted by Gasteiger charge is -2.23. The number of carbonyl (C=O) groups is 2. The smallest absolute Gasteiger partial charge is 0.262 e. The number of rotatable bonds is 6. The fourth-order valence-electron chi connectivity index (χ4n) is 4.11. The molecule has 0 saturated carbocycles. The summed E-state index contributed by atoms with van der Waals surface area (Å²) in [6.07, 6.45) is 0.495. The van der Waals surface area contributed by atoms with Gasteiger partial charge in [-0.1, -0.05) is 47.6 Å². The van der Waals surface area contributed by atoms with Crippen molar-refractivity contribution in [2.24, 2.45) is 10.1 Å². The maximum Gasteiger partial charge on any atom is 0.262 e. The first-order valence-corrected chi connectivity index (χ1v) is 12.8. The van der Waals surface area contributed by atoms with Crippen LogP contribution in [0.4, 0.5) is 10.1 Å². The van der Waals surface area contributed by atoms with Gasteiger partial charge in [0.15, 0.2) is 5.17 Å². The van der Waals surface area contributed by atoms with E-state index in [2.05, 4.69) is 10.3 Å². The van der Waals surface area contributed by atoms with Gasteiger partial charge < -0.3 is 10.1 Å². The monoisotopic (exact) mass is 536 g/mol. The predicted octanol–water partition coefficient (Wildman–Crippen LogP) is 5.67.